The smallest absolute Gasteiger partial charge is 0.271 e. The quantitative estimate of drug-likeness (QED) is 0.427. The second-order valence-corrected chi connectivity index (χ2v) is 5.76. The highest BCUT2D eigenvalue weighted by molar-refractivity contribution is 6.06. The standard InChI is InChI=1S/C19H22N2O4/c1-3-4-7-12-25-18-9-6-5-8-16(18)19(22)20-17-13-15(21(23)24)11-10-14(17)2/h5-6,8-11,13H,3-4,7,12H2,1-2H3,(H,20,22). The first-order chi connectivity index (χ1) is 12.0. The third-order valence-electron chi connectivity index (χ3n) is 3.82. The summed E-state index contributed by atoms with van der Waals surface area (Å²) >= 11 is 0. The minimum atomic E-state index is -0.486. The number of carbonyl (C=O) groups excluding carboxylic acids is 1. The lowest BCUT2D eigenvalue weighted by molar-refractivity contribution is -0.384. The molecule has 0 fully saturated rings. The summed E-state index contributed by atoms with van der Waals surface area (Å²) in [4.78, 5) is 23.0. The van der Waals surface area contributed by atoms with Crippen LogP contribution in [-0.2, 0) is 0 Å². The molecule has 0 aliphatic heterocycles. The van der Waals surface area contributed by atoms with Gasteiger partial charge in [-0.25, -0.2) is 0 Å². The zero-order valence-corrected chi connectivity index (χ0v) is 14.5. The zero-order chi connectivity index (χ0) is 18.2. The number of nitrogens with one attached hydrogen (secondary N) is 1. The van der Waals surface area contributed by atoms with Gasteiger partial charge in [-0.1, -0.05) is 38.0 Å². The molecule has 2 aromatic carbocycles. The van der Waals surface area contributed by atoms with Gasteiger partial charge in [0.15, 0.2) is 0 Å². The topological polar surface area (TPSA) is 81.5 Å². The third kappa shape index (κ3) is 5.04. The highest BCUT2D eigenvalue weighted by atomic mass is 16.6. The Labute approximate surface area is 147 Å². The Morgan fingerprint density at radius 1 is 1.20 bits per heavy atom. The maximum Gasteiger partial charge on any atom is 0.271 e. The molecule has 0 aliphatic carbocycles. The van der Waals surface area contributed by atoms with Crippen LogP contribution >= 0.6 is 0 Å². The number of anilines is 1. The van der Waals surface area contributed by atoms with Crippen molar-refractivity contribution in [1.82, 2.24) is 0 Å². The van der Waals surface area contributed by atoms with Crippen molar-refractivity contribution in [2.75, 3.05) is 11.9 Å². The van der Waals surface area contributed by atoms with E-state index in [1.807, 2.05) is 6.07 Å². The molecular weight excluding hydrogens is 320 g/mol. The minimum absolute atomic E-state index is 0.0648. The Hall–Kier alpha value is -2.89. The second kappa shape index (κ2) is 8.82. The average Bonchev–Trinajstić information content (AvgIpc) is 2.60. The number of nitro benzene ring substituents is 1. The molecule has 0 aromatic heterocycles. The van der Waals surface area contributed by atoms with Crippen LogP contribution in [0.2, 0.25) is 0 Å². The maximum absolute atomic E-state index is 12.6. The van der Waals surface area contributed by atoms with Crippen molar-refractivity contribution in [1.29, 1.82) is 0 Å². The molecule has 1 amide bonds. The highest BCUT2D eigenvalue weighted by Crippen LogP contribution is 2.24. The molecule has 0 bridgehead atoms. The van der Waals surface area contributed by atoms with E-state index >= 15 is 0 Å². The van der Waals surface area contributed by atoms with Crippen LogP contribution in [0.4, 0.5) is 11.4 Å². The van der Waals surface area contributed by atoms with Crippen LogP contribution in [0.15, 0.2) is 42.5 Å². The van der Waals surface area contributed by atoms with Crippen molar-refractivity contribution in [2.45, 2.75) is 33.1 Å². The van der Waals surface area contributed by atoms with Crippen molar-refractivity contribution >= 4 is 17.3 Å². The molecule has 0 atom stereocenters. The fraction of sp³-hybridized carbons (Fsp3) is 0.316. The van der Waals surface area contributed by atoms with Gasteiger partial charge in [-0.15, -0.1) is 0 Å². The lowest BCUT2D eigenvalue weighted by atomic mass is 10.1. The predicted octanol–water partition coefficient (Wildman–Crippen LogP) is 4.72. The number of hydrogen-bond donors (Lipinski definition) is 1. The van der Waals surface area contributed by atoms with Gasteiger partial charge >= 0.3 is 0 Å². The number of carbonyl (C=O) groups is 1. The molecule has 25 heavy (non-hydrogen) atoms. The molecule has 0 heterocycles. The SMILES string of the molecule is CCCCCOc1ccccc1C(=O)Nc1cc([N+](=O)[O-])ccc1C. The van der Waals surface area contributed by atoms with Crippen molar-refractivity contribution in [3.05, 3.63) is 63.7 Å². The van der Waals surface area contributed by atoms with Crippen molar-refractivity contribution < 1.29 is 14.5 Å². The summed E-state index contributed by atoms with van der Waals surface area (Å²) in [7, 11) is 0. The number of nitro groups is 1. The summed E-state index contributed by atoms with van der Waals surface area (Å²) in [6.45, 7) is 4.45. The molecular formula is C19H22N2O4. The molecule has 0 aliphatic rings. The molecule has 132 valence electrons. The number of para-hydroxylation sites is 1. The van der Waals surface area contributed by atoms with Crippen LogP contribution < -0.4 is 10.1 Å². The first-order valence-electron chi connectivity index (χ1n) is 8.31. The average molecular weight is 342 g/mol. The first kappa shape index (κ1) is 18.4. The van der Waals surface area contributed by atoms with Crippen molar-refractivity contribution in [3.8, 4) is 5.75 Å². The number of non-ortho nitro benzene ring substituents is 1. The Balaban J connectivity index is 2.16. The summed E-state index contributed by atoms with van der Waals surface area (Å²) in [5.74, 6) is 0.161. The molecule has 0 saturated heterocycles. The van der Waals surface area contributed by atoms with E-state index in [1.165, 1.54) is 12.1 Å². The number of ether oxygens (including phenoxy) is 1. The highest BCUT2D eigenvalue weighted by Gasteiger charge is 2.15. The Morgan fingerprint density at radius 3 is 2.68 bits per heavy atom. The van der Waals surface area contributed by atoms with Gasteiger partial charge in [-0.2, -0.15) is 0 Å². The first-order valence-corrected chi connectivity index (χ1v) is 8.31. The van der Waals surface area contributed by atoms with E-state index in [0.717, 1.165) is 24.8 Å². The predicted molar refractivity (Wildman–Crippen MR) is 97.2 cm³/mol. The fourth-order valence-electron chi connectivity index (χ4n) is 2.36. The number of rotatable bonds is 8. The third-order valence-corrected chi connectivity index (χ3v) is 3.82. The monoisotopic (exact) mass is 342 g/mol. The van der Waals surface area contributed by atoms with Gasteiger partial charge in [-0.05, 0) is 31.0 Å². The van der Waals surface area contributed by atoms with E-state index < -0.39 is 4.92 Å². The van der Waals surface area contributed by atoms with E-state index in [1.54, 1.807) is 31.2 Å². The van der Waals surface area contributed by atoms with Crippen molar-refractivity contribution in [3.63, 3.8) is 0 Å². The molecule has 0 unspecified atom stereocenters. The van der Waals surface area contributed by atoms with Gasteiger partial charge in [0.05, 0.1) is 22.8 Å². The molecule has 6 heteroatoms. The second-order valence-electron chi connectivity index (χ2n) is 5.76. The molecule has 0 saturated carbocycles. The number of amides is 1. The maximum atomic E-state index is 12.6. The molecule has 0 radical (unpaired) electrons. The molecule has 2 rings (SSSR count). The molecule has 1 N–H and O–H groups in total. The summed E-state index contributed by atoms with van der Waals surface area (Å²) in [6.07, 6.45) is 3.09. The van der Waals surface area contributed by atoms with Crippen LogP contribution in [-0.4, -0.2) is 17.4 Å². The van der Waals surface area contributed by atoms with E-state index in [-0.39, 0.29) is 11.6 Å². The summed E-state index contributed by atoms with van der Waals surface area (Å²) in [5, 5.41) is 13.7. The molecule has 6 nitrogen and oxygen atoms in total. The van der Waals surface area contributed by atoms with E-state index in [9.17, 15) is 14.9 Å². The van der Waals surface area contributed by atoms with Gasteiger partial charge in [-0.3, -0.25) is 14.9 Å². The van der Waals surface area contributed by atoms with E-state index in [4.69, 9.17) is 4.74 Å². The largest absolute Gasteiger partial charge is 0.493 e. The summed E-state index contributed by atoms with van der Waals surface area (Å²) in [5.41, 5.74) is 1.51. The number of nitrogens with zero attached hydrogens (tertiary/aromatic N) is 1. The normalized spacial score (nSPS) is 10.3. The summed E-state index contributed by atoms with van der Waals surface area (Å²) in [6, 6.07) is 11.4. The lowest BCUT2D eigenvalue weighted by Crippen LogP contribution is -2.15. The van der Waals surface area contributed by atoms with Gasteiger partial charge < -0.3 is 10.1 Å². The molecule has 0 spiro atoms. The lowest BCUT2D eigenvalue weighted by Gasteiger charge is -2.12. The van der Waals surface area contributed by atoms with E-state index in [2.05, 4.69) is 12.2 Å². The van der Waals surface area contributed by atoms with Gasteiger partial charge in [0.25, 0.3) is 11.6 Å². The van der Waals surface area contributed by atoms with Gasteiger partial charge in [0.2, 0.25) is 0 Å². The zero-order valence-electron chi connectivity index (χ0n) is 14.5. The van der Waals surface area contributed by atoms with Gasteiger partial charge in [0.1, 0.15) is 5.75 Å². The van der Waals surface area contributed by atoms with Crippen LogP contribution in [0, 0.1) is 17.0 Å². The Bertz CT molecular complexity index is 759. The summed E-state index contributed by atoms with van der Waals surface area (Å²) < 4.78 is 5.72. The minimum Gasteiger partial charge on any atom is -0.493 e. The van der Waals surface area contributed by atoms with Crippen LogP contribution in [0.1, 0.15) is 42.1 Å². The molecule has 2 aromatic rings. The van der Waals surface area contributed by atoms with Gasteiger partial charge in [0, 0.05) is 12.1 Å². The van der Waals surface area contributed by atoms with E-state index in [0.29, 0.717) is 23.6 Å². The van der Waals surface area contributed by atoms with Crippen molar-refractivity contribution in [2.24, 2.45) is 0 Å². The van der Waals surface area contributed by atoms with Crippen LogP contribution in [0.25, 0.3) is 0 Å². The number of unbranched alkanes of at least 4 members (excludes halogenated alkanes) is 2. The fourth-order valence-corrected chi connectivity index (χ4v) is 2.36. The Kier molecular flexibility index (Phi) is 6.51. The number of aryl methyl sites for hydroxylation is 1. The number of benzene rings is 2. The van der Waals surface area contributed by atoms with Crippen LogP contribution in [0.5, 0.6) is 5.75 Å². The number of hydrogen-bond acceptors (Lipinski definition) is 4. The Morgan fingerprint density at radius 2 is 1.96 bits per heavy atom. The van der Waals surface area contributed by atoms with Crippen LogP contribution in [0.3, 0.4) is 0 Å².